The van der Waals surface area contributed by atoms with Gasteiger partial charge in [-0.1, -0.05) is 17.7 Å². The molecule has 3 atom stereocenters. The summed E-state index contributed by atoms with van der Waals surface area (Å²) in [6, 6.07) is 4.92. The molecular weight excluding hydrogens is 542 g/mol. The van der Waals surface area contributed by atoms with Crippen LogP contribution in [0.2, 0.25) is 5.02 Å². The Hall–Kier alpha value is -3.28. The fourth-order valence-electron chi connectivity index (χ4n) is 5.26. The highest BCUT2D eigenvalue weighted by Crippen LogP contribution is 2.29. The van der Waals surface area contributed by atoms with Crippen LogP contribution in [0.3, 0.4) is 0 Å². The summed E-state index contributed by atoms with van der Waals surface area (Å²) < 4.78 is 5.70. The first-order valence-electron chi connectivity index (χ1n) is 12.8. The third-order valence-electron chi connectivity index (χ3n) is 7.32. The fraction of sp³-hybridized carbons (Fsp3) is 0.444. The first-order chi connectivity index (χ1) is 18.6. The van der Waals surface area contributed by atoms with Crippen molar-refractivity contribution in [1.82, 2.24) is 25.4 Å². The Morgan fingerprint density at radius 3 is 2.69 bits per heavy atom. The Kier molecular flexibility index (Phi) is 7.75. The molecule has 5 rings (SSSR count). The lowest BCUT2D eigenvalue weighted by molar-refractivity contribution is -0.134. The van der Waals surface area contributed by atoms with Crippen molar-refractivity contribution >= 4 is 51.6 Å². The number of carbonyl (C=O) groups is 3. The highest BCUT2D eigenvalue weighted by molar-refractivity contribution is 7.13. The van der Waals surface area contributed by atoms with Gasteiger partial charge in [0.15, 0.2) is 16.2 Å². The van der Waals surface area contributed by atoms with Crippen LogP contribution in [0.4, 0.5) is 0 Å². The molecule has 0 spiro atoms. The van der Waals surface area contributed by atoms with Crippen LogP contribution in [0.5, 0.6) is 0 Å². The van der Waals surface area contributed by atoms with Crippen LogP contribution < -0.4 is 16.1 Å². The number of likely N-dealkylation sites (N-methyl/N-ethyl adjacent to an activating group) is 1. The molecule has 2 N–H and O–H groups in total. The smallest absolute Gasteiger partial charge is 0.287 e. The van der Waals surface area contributed by atoms with E-state index in [9.17, 15) is 19.2 Å². The van der Waals surface area contributed by atoms with Gasteiger partial charge in [-0.2, -0.15) is 0 Å². The topological polar surface area (TPSA) is 125 Å². The third-order valence-corrected chi connectivity index (χ3v) is 8.71. The molecule has 1 aliphatic carbocycles. The number of benzene rings is 1. The highest BCUT2D eigenvalue weighted by Gasteiger charge is 2.37. The number of hydrogen-bond donors (Lipinski definition) is 2. The van der Waals surface area contributed by atoms with E-state index in [-0.39, 0.29) is 39.5 Å². The van der Waals surface area contributed by atoms with E-state index in [4.69, 9.17) is 16.0 Å². The minimum Gasteiger partial charge on any atom is -0.451 e. The average Bonchev–Trinajstić information content (AvgIpc) is 3.32. The number of rotatable bonds is 5. The van der Waals surface area contributed by atoms with Crippen molar-refractivity contribution < 1.29 is 18.8 Å². The van der Waals surface area contributed by atoms with Gasteiger partial charge < -0.3 is 24.9 Å². The van der Waals surface area contributed by atoms with E-state index in [0.717, 1.165) is 36.1 Å². The zero-order chi connectivity index (χ0) is 27.8. The summed E-state index contributed by atoms with van der Waals surface area (Å²) in [6.45, 7) is 1.64. The lowest BCUT2D eigenvalue weighted by Gasteiger charge is -2.37. The van der Waals surface area contributed by atoms with Crippen molar-refractivity contribution in [3.8, 4) is 0 Å². The molecule has 3 aromatic rings. The molecule has 0 radical (unpaired) electrons. The predicted octanol–water partition coefficient (Wildman–Crippen LogP) is 2.68. The number of carbonyl (C=O) groups excluding carboxylic acids is 3. The van der Waals surface area contributed by atoms with E-state index in [1.165, 1.54) is 11.3 Å². The maximum Gasteiger partial charge on any atom is 0.287 e. The van der Waals surface area contributed by atoms with E-state index >= 15 is 0 Å². The van der Waals surface area contributed by atoms with Crippen molar-refractivity contribution in [2.45, 2.75) is 44.3 Å². The second-order valence-electron chi connectivity index (χ2n) is 10.4. The summed E-state index contributed by atoms with van der Waals surface area (Å²) in [7, 11) is 5.44. The Bertz CT molecular complexity index is 1500. The zero-order valence-electron chi connectivity index (χ0n) is 22.0. The van der Waals surface area contributed by atoms with Crippen molar-refractivity contribution in [1.29, 1.82) is 0 Å². The van der Waals surface area contributed by atoms with E-state index in [0.29, 0.717) is 24.3 Å². The van der Waals surface area contributed by atoms with Gasteiger partial charge in [-0.25, -0.2) is 4.98 Å². The summed E-state index contributed by atoms with van der Waals surface area (Å²) in [5.74, 6) is -1.38. The number of amides is 3. The van der Waals surface area contributed by atoms with Crippen LogP contribution in [-0.2, 0) is 17.8 Å². The largest absolute Gasteiger partial charge is 0.451 e. The van der Waals surface area contributed by atoms with Crippen LogP contribution in [0.25, 0.3) is 11.0 Å². The van der Waals surface area contributed by atoms with Gasteiger partial charge >= 0.3 is 0 Å². The van der Waals surface area contributed by atoms with Crippen LogP contribution in [-0.4, -0.2) is 72.3 Å². The van der Waals surface area contributed by atoms with Crippen molar-refractivity contribution in [3.05, 3.63) is 60.9 Å². The molecule has 3 heterocycles. The van der Waals surface area contributed by atoms with E-state index < -0.39 is 23.4 Å². The molecule has 12 heteroatoms. The minimum absolute atomic E-state index is 0.0239. The van der Waals surface area contributed by atoms with Crippen molar-refractivity contribution in [2.75, 3.05) is 27.7 Å². The average molecular weight is 572 g/mol. The summed E-state index contributed by atoms with van der Waals surface area (Å²) in [5.41, 5.74) is 0.739. The van der Waals surface area contributed by atoms with E-state index in [2.05, 4.69) is 20.5 Å². The maximum atomic E-state index is 13.3. The fourth-order valence-corrected chi connectivity index (χ4v) is 6.61. The van der Waals surface area contributed by atoms with Gasteiger partial charge in [0.25, 0.3) is 11.8 Å². The summed E-state index contributed by atoms with van der Waals surface area (Å²) >= 11 is 7.51. The molecule has 39 heavy (non-hydrogen) atoms. The van der Waals surface area contributed by atoms with Crippen LogP contribution in [0.15, 0.2) is 33.5 Å². The highest BCUT2D eigenvalue weighted by atomic mass is 35.5. The number of aromatic nitrogens is 1. The second-order valence-corrected chi connectivity index (χ2v) is 11.9. The summed E-state index contributed by atoms with van der Waals surface area (Å²) in [6.07, 6.45) is 2.16. The predicted molar refractivity (Wildman–Crippen MR) is 148 cm³/mol. The Morgan fingerprint density at radius 1 is 1.15 bits per heavy atom. The molecule has 1 fully saturated rings. The number of nitrogens with one attached hydrogen (secondary N) is 2. The number of hydrogen-bond acceptors (Lipinski definition) is 8. The normalized spacial score (nSPS) is 21.3. The molecule has 206 valence electrons. The Labute approximate surface area is 234 Å². The molecule has 1 aromatic carbocycles. The van der Waals surface area contributed by atoms with E-state index in [1.54, 1.807) is 37.2 Å². The van der Waals surface area contributed by atoms with Crippen LogP contribution >= 0.6 is 22.9 Å². The number of fused-ring (bicyclic) bond motifs is 2. The minimum atomic E-state index is -0.580. The summed E-state index contributed by atoms with van der Waals surface area (Å²) in [4.78, 5) is 61.3. The van der Waals surface area contributed by atoms with Gasteiger partial charge in [-0.05, 0) is 38.4 Å². The second kappa shape index (κ2) is 11.1. The lowest BCUT2D eigenvalue weighted by Crippen LogP contribution is -2.56. The van der Waals surface area contributed by atoms with E-state index in [1.807, 2.05) is 7.05 Å². The monoisotopic (exact) mass is 571 g/mol. The SMILES string of the molecule is CN1CCc2nc(C(=O)N[C@@H]3C[C@@H](C(=O)N(C)C)CC[C@@H]3NC(=O)c3cc(=O)c4c(Cl)cccc4o3)sc2C1. The molecule has 0 bridgehead atoms. The molecule has 1 aliphatic heterocycles. The van der Waals surface area contributed by atoms with Crippen molar-refractivity contribution in [2.24, 2.45) is 5.92 Å². The molecule has 0 unspecified atom stereocenters. The molecule has 2 aliphatic rings. The maximum absolute atomic E-state index is 13.3. The molecule has 1 saturated carbocycles. The first kappa shape index (κ1) is 27.3. The zero-order valence-corrected chi connectivity index (χ0v) is 23.5. The number of thiazole rings is 1. The quantitative estimate of drug-likeness (QED) is 0.482. The van der Waals surface area contributed by atoms with Crippen LogP contribution in [0.1, 0.15) is 50.2 Å². The Balaban J connectivity index is 1.37. The Morgan fingerprint density at radius 2 is 1.92 bits per heavy atom. The van der Waals surface area contributed by atoms with Gasteiger partial charge in [0.05, 0.1) is 22.1 Å². The van der Waals surface area contributed by atoms with Gasteiger partial charge in [0, 0.05) is 56.5 Å². The van der Waals surface area contributed by atoms with Gasteiger partial charge in [-0.15, -0.1) is 11.3 Å². The summed E-state index contributed by atoms with van der Waals surface area (Å²) in [5, 5.41) is 6.79. The standard InChI is InChI=1S/C27H30ClN5O5S/c1-32(2)27(37)14-7-8-16(29-24(35)21-12-19(34)23-15(28)5-4-6-20(23)38-21)18(11-14)30-25(36)26-31-17-9-10-33(3)13-22(17)39-26/h4-6,12,14,16,18H,7-11,13H2,1-3H3,(H,29,35)(H,30,36)/t14-,16-,18+/m0/s1. The van der Waals surface area contributed by atoms with Crippen molar-refractivity contribution in [3.63, 3.8) is 0 Å². The molecule has 2 aromatic heterocycles. The first-order valence-corrected chi connectivity index (χ1v) is 14.0. The van der Waals surface area contributed by atoms with Gasteiger partial charge in [0.2, 0.25) is 5.91 Å². The van der Waals surface area contributed by atoms with Gasteiger partial charge in [0.1, 0.15) is 5.58 Å². The number of halogens is 1. The third kappa shape index (κ3) is 5.70. The molecule has 3 amide bonds. The molecule has 0 saturated heterocycles. The van der Waals surface area contributed by atoms with Gasteiger partial charge in [-0.3, -0.25) is 19.2 Å². The lowest BCUT2D eigenvalue weighted by atomic mass is 9.81. The van der Waals surface area contributed by atoms with Crippen LogP contribution in [0, 0.1) is 5.92 Å². The molecular formula is C27H30ClN5O5S. The number of nitrogens with zero attached hydrogens (tertiary/aromatic N) is 3. The molecule has 10 nitrogen and oxygen atoms in total.